The van der Waals surface area contributed by atoms with Crippen molar-refractivity contribution in [3.8, 4) is 11.8 Å². The zero-order valence-corrected chi connectivity index (χ0v) is 13.8. The quantitative estimate of drug-likeness (QED) is 0.696. The van der Waals surface area contributed by atoms with E-state index in [1.165, 1.54) is 11.1 Å². The summed E-state index contributed by atoms with van der Waals surface area (Å²) >= 11 is 0. The summed E-state index contributed by atoms with van der Waals surface area (Å²) in [5.74, 6) is -0.410. The molecule has 1 heterocycles. The Bertz CT molecular complexity index is 789. The lowest BCUT2D eigenvalue weighted by Gasteiger charge is -2.11. The Balaban J connectivity index is 2.31. The zero-order valence-electron chi connectivity index (χ0n) is 13.8. The van der Waals surface area contributed by atoms with Gasteiger partial charge in [-0.15, -0.1) is 0 Å². The summed E-state index contributed by atoms with van der Waals surface area (Å²) in [5, 5.41) is 12.4. The van der Waals surface area contributed by atoms with Crippen LogP contribution in [0.2, 0.25) is 0 Å². The van der Waals surface area contributed by atoms with E-state index in [0.29, 0.717) is 0 Å². The molecule has 23 heavy (non-hydrogen) atoms. The van der Waals surface area contributed by atoms with Crippen molar-refractivity contribution in [2.45, 2.75) is 34.1 Å². The third kappa shape index (κ3) is 3.86. The van der Waals surface area contributed by atoms with Gasteiger partial charge in [0.15, 0.2) is 0 Å². The Morgan fingerprint density at radius 1 is 1.22 bits per heavy atom. The molecule has 1 aromatic heterocycles. The molecular weight excluding hydrogens is 288 g/mol. The Kier molecular flexibility index (Phi) is 4.97. The van der Waals surface area contributed by atoms with Gasteiger partial charge in [0.1, 0.15) is 6.42 Å². The smallest absolute Gasteiger partial charge is 0.254 e. The van der Waals surface area contributed by atoms with E-state index >= 15 is 0 Å². The normalized spacial score (nSPS) is 10.7. The number of aromatic nitrogens is 1. The molecule has 1 amide bonds. The molecule has 0 aliphatic carbocycles. The summed E-state index contributed by atoms with van der Waals surface area (Å²) < 4.78 is 2.17. The summed E-state index contributed by atoms with van der Waals surface area (Å²) in [6.45, 7) is 8.22. The molecule has 0 fully saturated rings. The van der Waals surface area contributed by atoms with Crippen molar-refractivity contribution in [2.24, 2.45) is 5.10 Å². The number of carbonyl (C=O) groups is 1. The number of hydrazone groups is 1. The van der Waals surface area contributed by atoms with E-state index in [1.807, 2.05) is 19.9 Å². The van der Waals surface area contributed by atoms with Gasteiger partial charge in [-0.1, -0.05) is 6.07 Å². The maximum absolute atomic E-state index is 11.2. The van der Waals surface area contributed by atoms with Crippen molar-refractivity contribution in [2.75, 3.05) is 0 Å². The summed E-state index contributed by atoms with van der Waals surface area (Å²) in [4.78, 5) is 11.2. The lowest BCUT2D eigenvalue weighted by atomic mass is 10.1. The van der Waals surface area contributed by atoms with Crippen LogP contribution in [-0.4, -0.2) is 16.7 Å². The molecule has 5 heteroatoms. The molecular formula is C18H20N4O. The van der Waals surface area contributed by atoms with Crippen LogP contribution >= 0.6 is 0 Å². The number of benzene rings is 1. The molecule has 0 radical (unpaired) electrons. The van der Waals surface area contributed by atoms with Crippen LogP contribution in [0.3, 0.4) is 0 Å². The molecule has 1 N–H and O–H groups in total. The highest BCUT2D eigenvalue weighted by atomic mass is 16.2. The Morgan fingerprint density at radius 3 is 2.48 bits per heavy atom. The van der Waals surface area contributed by atoms with Gasteiger partial charge in [-0.05, 0) is 57.0 Å². The number of nitrogens with zero attached hydrogens (tertiary/aromatic N) is 3. The molecule has 0 saturated carbocycles. The second-order valence-corrected chi connectivity index (χ2v) is 5.64. The number of nitriles is 1. The van der Waals surface area contributed by atoms with Crippen molar-refractivity contribution >= 4 is 12.1 Å². The minimum Gasteiger partial charge on any atom is -0.318 e. The number of amides is 1. The average Bonchev–Trinajstić information content (AvgIpc) is 2.72. The maximum Gasteiger partial charge on any atom is 0.254 e. The lowest BCUT2D eigenvalue weighted by molar-refractivity contribution is -0.120. The summed E-state index contributed by atoms with van der Waals surface area (Å²) in [7, 11) is 0. The highest BCUT2D eigenvalue weighted by Crippen LogP contribution is 2.21. The van der Waals surface area contributed by atoms with E-state index in [0.717, 1.165) is 22.6 Å². The molecule has 0 atom stereocenters. The molecule has 0 aliphatic heterocycles. The maximum atomic E-state index is 11.2. The fraction of sp³-hybridized carbons (Fsp3) is 0.278. The fourth-order valence-corrected chi connectivity index (χ4v) is 2.68. The standard InChI is InChI=1S/C18H20N4O/c1-12-7-13(2)9-17(8-12)22-14(3)10-16(15(22)4)11-20-21-18(23)5-6-19/h7-11H,5H2,1-4H3,(H,21,23)/b20-11+. The van der Waals surface area contributed by atoms with E-state index in [4.69, 9.17) is 5.26 Å². The topological polar surface area (TPSA) is 70.2 Å². The number of rotatable bonds is 4. The van der Waals surface area contributed by atoms with Crippen LogP contribution in [0.1, 0.15) is 34.5 Å². The first-order valence-electron chi connectivity index (χ1n) is 7.39. The van der Waals surface area contributed by atoms with Crippen LogP contribution in [0, 0.1) is 39.0 Å². The van der Waals surface area contributed by atoms with Crippen LogP contribution in [0.5, 0.6) is 0 Å². The van der Waals surface area contributed by atoms with E-state index in [-0.39, 0.29) is 6.42 Å². The van der Waals surface area contributed by atoms with Gasteiger partial charge in [0.05, 0.1) is 12.3 Å². The molecule has 0 bridgehead atoms. The lowest BCUT2D eigenvalue weighted by Crippen LogP contribution is -2.16. The van der Waals surface area contributed by atoms with Crippen LogP contribution in [0.4, 0.5) is 0 Å². The SMILES string of the molecule is Cc1cc(C)cc(-n2c(C)cc(/C=N/NC(=O)CC#N)c2C)c1. The molecule has 2 rings (SSSR count). The van der Waals surface area contributed by atoms with E-state index in [2.05, 4.69) is 47.1 Å². The minimum absolute atomic E-state index is 0.196. The van der Waals surface area contributed by atoms with Crippen molar-refractivity contribution in [1.82, 2.24) is 9.99 Å². The van der Waals surface area contributed by atoms with E-state index in [1.54, 1.807) is 12.3 Å². The van der Waals surface area contributed by atoms with E-state index < -0.39 is 5.91 Å². The largest absolute Gasteiger partial charge is 0.318 e. The van der Waals surface area contributed by atoms with Gasteiger partial charge >= 0.3 is 0 Å². The van der Waals surface area contributed by atoms with Crippen molar-refractivity contribution < 1.29 is 4.79 Å². The van der Waals surface area contributed by atoms with Crippen LogP contribution in [0.25, 0.3) is 5.69 Å². The molecule has 0 saturated heterocycles. The van der Waals surface area contributed by atoms with Crippen molar-refractivity contribution in [3.05, 3.63) is 52.3 Å². The second kappa shape index (κ2) is 6.93. The van der Waals surface area contributed by atoms with Gasteiger partial charge in [0, 0.05) is 22.6 Å². The summed E-state index contributed by atoms with van der Waals surface area (Å²) in [6, 6.07) is 10.2. The Morgan fingerprint density at radius 2 is 1.87 bits per heavy atom. The summed E-state index contributed by atoms with van der Waals surface area (Å²) in [5.41, 5.74) is 8.96. The van der Waals surface area contributed by atoms with Gasteiger partial charge < -0.3 is 4.57 Å². The molecule has 0 unspecified atom stereocenters. The van der Waals surface area contributed by atoms with Crippen LogP contribution in [-0.2, 0) is 4.79 Å². The van der Waals surface area contributed by atoms with Crippen LogP contribution < -0.4 is 5.43 Å². The third-order valence-electron chi connectivity index (χ3n) is 3.57. The first-order chi connectivity index (χ1) is 10.9. The first-order valence-corrected chi connectivity index (χ1v) is 7.39. The van der Waals surface area contributed by atoms with Gasteiger partial charge in [-0.2, -0.15) is 10.4 Å². The third-order valence-corrected chi connectivity index (χ3v) is 3.57. The molecule has 1 aromatic carbocycles. The predicted octanol–water partition coefficient (Wildman–Crippen LogP) is 3.07. The van der Waals surface area contributed by atoms with Gasteiger partial charge in [-0.3, -0.25) is 4.79 Å². The van der Waals surface area contributed by atoms with Crippen LogP contribution in [0.15, 0.2) is 29.4 Å². The highest BCUT2D eigenvalue weighted by molar-refractivity contribution is 5.84. The van der Waals surface area contributed by atoms with Crippen molar-refractivity contribution in [3.63, 3.8) is 0 Å². The monoisotopic (exact) mass is 308 g/mol. The number of carbonyl (C=O) groups excluding carboxylic acids is 1. The average molecular weight is 308 g/mol. The number of nitrogens with one attached hydrogen (secondary N) is 1. The van der Waals surface area contributed by atoms with Gasteiger partial charge in [0.25, 0.3) is 5.91 Å². The minimum atomic E-state index is -0.410. The van der Waals surface area contributed by atoms with Gasteiger partial charge in [0.2, 0.25) is 0 Å². The molecule has 0 aliphatic rings. The predicted molar refractivity (Wildman–Crippen MR) is 90.7 cm³/mol. The summed E-state index contributed by atoms with van der Waals surface area (Å²) in [6.07, 6.45) is 1.41. The number of hydrogen-bond donors (Lipinski definition) is 1. The number of hydrogen-bond acceptors (Lipinski definition) is 3. The molecule has 5 nitrogen and oxygen atoms in total. The molecule has 2 aromatic rings. The fourth-order valence-electron chi connectivity index (χ4n) is 2.68. The number of aryl methyl sites for hydroxylation is 3. The van der Waals surface area contributed by atoms with E-state index in [9.17, 15) is 4.79 Å². The van der Waals surface area contributed by atoms with Crippen molar-refractivity contribution in [1.29, 1.82) is 5.26 Å². The Labute approximate surface area is 136 Å². The zero-order chi connectivity index (χ0) is 17.0. The first kappa shape index (κ1) is 16.5. The highest BCUT2D eigenvalue weighted by Gasteiger charge is 2.10. The second-order valence-electron chi connectivity index (χ2n) is 5.64. The van der Waals surface area contributed by atoms with Gasteiger partial charge in [-0.25, -0.2) is 5.43 Å². The molecule has 118 valence electrons. The Hall–Kier alpha value is -2.87. The molecule has 0 spiro atoms.